The van der Waals surface area contributed by atoms with Crippen molar-refractivity contribution in [2.24, 2.45) is 5.73 Å². The van der Waals surface area contributed by atoms with Gasteiger partial charge in [0, 0.05) is 16.1 Å². The molecule has 0 bridgehead atoms. The third-order valence-corrected chi connectivity index (χ3v) is 7.57. The first-order valence-electron chi connectivity index (χ1n) is 13.8. The van der Waals surface area contributed by atoms with Crippen molar-refractivity contribution in [2.45, 2.75) is 17.1 Å². The van der Waals surface area contributed by atoms with Crippen LogP contribution in [0.4, 0.5) is 11.4 Å². The molecule has 4 amide bonds. The number of thioether (sulfide) groups is 1. The zero-order chi connectivity index (χ0) is 32.3. The molecule has 0 aromatic heterocycles. The summed E-state index contributed by atoms with van der Waals surface area (Å²) >= 11 is 1.26. The number of para-hydroxylation sites is 1. The lowest BCUT2D eigenvalue weighted by atomic mass is 10.1. The Hall–Kier alpha value is -5.55. The van der Waals surface area contributed by atoms with Crippen molar-refractivity contribution >= 4 is 52.8 Å². The fraction of sp³-hybridized carbons (Fsp3) is 0.118. The fourth-order valence-electron chi connectivity index (χ4n) is 4.20. The van der Waals surface area contributed by atoms with Gasteiger partial charge in [-0.25, -0.2) is 0 Å². The third-order valence-electron chi connectivity index (χ3n) is 6.47. The molecule has 0 radical (unpaired) electrons. The average Bonchev–Trinajstić information content (AvgIpc) is 3.05. The Morgan fingerprint density at radius 3 is 2.22 bits per heavy atom. The van der Waals surface area contributed by atoms with Crippen molar-refractivity contribution in [3.8, 4) is 11.5 Å². The average molecular weight is 625 g/mol. The summed E-state index contributed by atoms with van der Waals surface area (Å²) in [5, 5.41) is 7.74. The maximum atomic E-state index is 13.5. The van der Waals surface area contributed by atoms with E-state index in [1.54, 1.807) is 97.9 Å². The number of nitrogens with one attached hydrogen (secondary N) is 3. The highest BCUT2D eigenvalue weighted by atomic mass is 32.2. The maximum Gasteiger partial charge on any atom is 0.272 e. The van der Waals surface area contributed by atoms with Gasteiger partial charge in [0.1, 0.15) is 5.70 Å². The molecule has 4 rings (SSSR count). The van der Waals surface area contributed by atoms with Crippen LogP contribution in [0.2, 0.25) is 0 Å². The first kappa shape index (κ1) is 32.4. The number of carbonyl (C=O) groups excluding carboxylic acids is 4. The van der Waals surface area contributed by atoms with Crippen molar-refractivity contribution in [1.82, 2.24) is 5.32 Å². The van der Waals surface area contributed by atoms with Gasteiger partial charge in [0.2, 0.25) is 5.91 Å². The molecule has 5 N–H and O–H groups in total. The van der Waals surface area contributed by atoms with Crippen LogP contribution >= 0.6 is 11.8 Å². The topological polar surface area (TPSA) is 149 Å². The van der Waals surface area contributed by atoms with Gasteiger partial charge in [-0.3, -0.25) is 19.2 Å². The van der Waals surface area contributed by atoms with Gasteiger partial charge in [0.15, 0.2) is 11.5 Å². The van der Waals surface area contributed by atoms with E-state index in [0.29, 0.717) is 38.9 Å². The second-order valence-corrected chi connectivity index (χ2v) is 11.0. The number of rotatable bonds is 12. The highest BCUT2D eigenvalue weighted by molar-refractivity contribution is 8.00. The molecule has 0 aliphatic rings. The molecule has 11 heteroatoms. The zero-order valence-electron chi connectivity index (χ0n) is 24.8. The monoisotopic (exact) mass is 624 g/mol. The number of ether oxygens (including phenoxy) is 2. The Bertz CT molecular complexity index is 1740. The molecule has 230 valence electrons. The van der Waals surface area contributed by atoms with Gasteiger partial charge >= 0.3 is 0 Å². The van der Waals surface area contributed by atoms with Gasteiger partial charge in [-0.05, 0) is 73.2 Å². The van der Waals surface area contributed by atoms with Crippen LogP contribution in [0.3, 0.4) is 0 Å². The highest BCUT2D eigenvalue weighted by Gasteiger charge is 2.19. The van der Waals surface area contributed by atoms with Gasteiger partial charge in [-0.2, -0.15) is 0 Å². The first-order valence-corrected chi connectivity index (χ1v) is 14.6. The summed E-state index contributed by atoms with van der Waals surface area (Å²) in [7, 11) is 3.03. The summed E-state index contributed by atoms with van der Waals surface area (Å²) in [5.41, 5.74) is 7.38. The molecule has 0 fully saturated rings. The summed E-state index contributed by atoms with van der Waals surface area (Å²) in [4.78, 5) is 51.9. The predicted octanol–water partition coefficient (Wildman–Crippen LogP) is 5.33. The molecule has 0 saturated carbocycles. The number of hydrogen-bond acceptors (Lipinski definition) is 7. The van der Waals surface area contributed by atoms with Crippen LogP contribution in [0.1, 0.15) is 33.2 Å². The summed E-state index contributed by atoms with van der Waals surface area (Å²) in [5.74, 6) is -1.02. The van der Waals surface area contributed by atoms with Crippen molar-refractivity contribution in [3.63, 3.8) is 0 Å². The van der Waals surface area contributed by atoms with Gasteiger partial charge in [-0.1, -0.05) is 42.5 Å². The van der Waals surface area contributed by atoms with E-state index in [-0.39, 0.29) is 17.2 Å². The van der Waals surface area contributed by atoms with Crippen molar-refractivity contribution in [3.05, 3.63) is 119 Å². The molecule has 4 aromatic carbocycles. The number of primary amides is 1. The van der Waals surface area contributed by atoms with Crippen LogP contribution in [0.5, 0.6) is 11.5 Å². The summed E-state index contributed by atoms with van der Waals surface area (Å²) in [6, 6.07) is 27.1. The van der Waals surface area contributed by atoms with E-state index >= 15 is 0 Å². The number of hydrogen-bond donors (Lipinski definition) is 4. The second-order valence-electron chi connectivity index (χ2n) is 9.63. The Morgan fingerprint density at radius 2 is 1.51 bits per heavy atom. The molecule has 0 heterocycles. The number of anilines is 2. The lowest BCUT2D eigenvalue weighted by Crippen LogP contribution is -2.30. The van der Waals surface area contributed by atoms with Crippen molar-refractivity contribution in [2.75, 3.05) is 24.9 Å². The Kier molecular flexibility index (Phi) is 11.0. The van der Waals surface area contributed by atoms with E-state index in [1.165, 1.54) is 38.1 Å². The standard InChI is InChI=1S/C34H32N4O6S/c1-21(32(40)37-27-15-8-7-14-26(27)31(35)39)45-25-13-9-12-24(20-25)36-34(42)28(38-33(41)23-10-5-4-6-11-23)18-22-16-17-29(43-2)30(19-22)44-3/h4-21H,1-3H3,(H2,35,39)(H,36,42)(H,37,40)(H,38,41)/b28-18+. The number of nitrogens with two attached hydrogens (primary N) is 1. The van der Waals surface area contributed by atoms with Crippen LogP contribution < -0.4 is 31.2 Å². The van der Waals surface area contributed by atoms with Crippen LogP contribution in [0.25, 0.3) is 6.08 Å². The van der Waals surface area contributed by atoms with Crippen molar-refractivity contribution < 1.29 is 28.7 Å². The quantitative estimate of drug-likeness (QED) is 0.123. The van der Waals surface area contributed by atoms with E-state index in [9.17, 15) is 19.2 Å². The van der Waals surface area contributed by atoms with E-state index in [0.717, 1.165) is 0 Å². The number of benzene rings is 4. The van der Waals surface area contributed by atoms with E-state index in [2.05, 4.69) is 16.0 Å². The molecule has 1 atom stereocenters. The van der Waals surface area contributed by atoms with Gasteiger partial charge < -0.3 is 31.2 Å². The summed E-state index contributed by atoms with van der Waals surface area (Å²) in [6.07, 6.45) is 1.53. The largest absolute Gasteiger partial charge is 0.493 e. The lowest BCUT2D eigenvalue weighted by Gasteiger charge is -2.15. The predicted molar refractivity (Wildman–Crippen MR) is 175 cm³/mol. The molecule has 0 spiro atoms. The Morgan fingerprint density at radius 1 is 0.800 bits per heavy atom. The molecule has 4 aromatic rings. The second kappa shape index (κ2) is 15.3. The minimum absolute atomic E-state index is 0.00464. The van der Waals surface area contributed by atoms with E-state index < -0.39 is 23.0 Å². The highest BCUT2D eigenvalue weighted by Crippen LogP contribution is 2.29. The molecule has 0 aliphatic heterocycles. The normalized spacial score (nSPS) is 11.6. The van der Waals surface area contributed by atoms with Gasteiger partial charge in [0.05, 0.1) is 30.7 Å². The smallest absolute Gasteiger partial charge is 0.272 e. The van der Waals surface area contributed by atoms with Gasteiger partial charge in [-0.15, -0.1) is 11.8 Å². The molecule has 0 aliphatic carbocycles. The first-order chi connectivity index (χ1) is 21.7. The number of methoxy groups -OCH3 is 2. The number of amides is 4. The summed E-state index contributed by atoms with van der Waals surface area (Å²) in [6.45, 7) is 1.72. The minimum atomic E-state index is -0.644. The fourth-order valence-corrected chi connectivity index (χ4v) is 5.12. The third kappa shape index (κ3) is 8.74. The van der Waals surface area contributed by atoms with Crippen LogP contribution in [0, 0.1) is 0 Å². The Labute approximate surface area is 265 Å². The lowest BCUT2D eigenvalue weighted by molar-refractivity contribution is -0.115. The maximum absolute atomic E-state index is 13.5. The molecular weight excluding hydrogens is 592 g/mol. The molecule has 0 saturated heterocycles. The zero-order valence-corrected chi connectivity index (χ0v) is 25.6. The van der Waals surface area contributed by atoms with E-state index in [4.69, 9.17) is 15.2 Å². The molecule has 1 unspecified atom stereocenters. The van der Waals surface area contributed by atoms with Crippen molar-refractivity contribution in [1.29, 1.82) is 0 Å². The van der Waals surface area contributed by atoms with Crippen LogP contribution in [-0.4, -0.2) is 43.1 Å². The number of carbonyl (C=O) groups is 4. The summed E-state index contributed by atoms with van der Waals surface area (Å²) < 4.78 is 10.7. The molecule has 10 nitrogen and oxygen atoms in total. The minimum Gasteiger partial charge on any atom is -0.493 e. The molecule has 45 heavy (non-hydrogen) atoms. The van der Waals surface area contributed by atoms with E-state index in [1.807, 2.05) is 0 Å². The van der Waals surface area contributed by atoms with Gasteiger partial charge in [0.25, 0.3) is 17.7 Å². The Balaban J connectivity index is 1.52. The van der Waals surface area contributed by atoms with Crippen LogP contribution in [-0.2, 0) is 9.59 Å². The molecular formula is C34H32N4O6S. The van der Waals surface area contributed by atoms with Crippen LogP contribution in [0.15, 0.2) is 108 Å². The SMILES string of the molecule is COc1ccc(/C=C(/NC(=O)c2ccccc2)C(=O)Nc2cccc(SC(C)C(=O)Nc3ccccc3C(N)=O)c2)cc1OC.